The average molecular weight is 416 g/mol. The van der Waals surface area contributed by atoms with Crippen LogP contribution in [0.5, 0.6) is 0 Å². The van der Waals surface area contributed by atoms with Crippen LogP contribution in [0, 0.1) is 6.92 Å². The monoisotopic (exact) mass is 415 g/mol. The minimum atomic E-state index is -0.231. The van der Waals surface area contributed by atoms with E-state index in [2.05, 4.69) is 10.3 Å². The molecule has 0 spiro atoms. The highest BCUT2D eigenvalue weighted by atomic mass is 32.2. The Hall–Kier alpha value is -3.38. The molecule has 0 aliphatic carbocycles. The number of carbonyl (C=O) groups is 2. The Morgan fingerprint density at radius 1 is 1.07 bits per heavy atom. The second kappa shape index (κ2) is 8.97. The second-order valence-electron chi connectivity index (χ2n) is 6.98. The maximum absolute atomic E-state index is 13.2. The first-order chi connectivity index (χ1) is 14.6. The number of hydrogen-bond acceptors (Lipinski definition) is 4. The van der Waals surface area contributed by atoms with Gasteiger partial charge in [0.2, 0.25) is 5.91 Å². The number of carbonyl (C=O) groups excluding carboxylic acids is 2. The summed E-state index contributed by atoms with van der Waals surface area (Å²) in [6.07, 6.45) is 3.56. The SMILES string of the molecule is Cc1ccc(/C=C2/Sc3ccccc3N(CC(=O)NCc3ccccn3)C2=O)cc1. The number of hydrogen-bond donors (Lipinski definition) is 1. The van der Waals surface area contributed by atoms with Crippen LogP contribution in [0.2, 0.25) is 0 Å². The third-order valence-corrected chi connectivity index (χ3v) is 5.78. The van der Waals surface area contributed by atoms with Gasteiger partial charge >= 0.3 is 0 Å². The summed E-state index contributed by atoms with van der Waals surface area (Å²) in [6.45, 7) is 2.30. The maximum atomic E-state index is 13.2. The van der Waals surface area contributed by atoms with Gasteiger partial charge in [-0.3, -0.25) is 19.5 Å². The zero-order valence-electron chi connectivity index (χ0n) is 16.5. The van der Waals surface area contributed by atoms with Gasteiger partial charge in [-0.15, -0.1) is 0 Å². The van der Waals surface area contributed by atoms with Crippen LogP contribution in [-0.2, 0) is 16.1 Å². The Bertz CT molecular complexity index is 1090. The molecule has 6 heteroatoms. The van der Waals surface area contributed by atoms with Crippen molar-refractivity contribution in [2.45, 2.75) is 18.4 Å². The number of anilines is 1. The van der Waals surface area contributed by atoms with Gasteiger partial charge in [-0.2, -0.15) is 0 Å². The number of aromatic nitrogens is 1. The van der Waals surface area contributed by atoms with Crippen LogP contribution in [0.4, 0.5) is 5.69 Å². The number of amides is 2. The zero-order valence-corrected chi connectivity index (χ0v) is 17.4. The Morgan fingerprint density at radius 3 is 2.60 bits per heavy atom. The highest BCUT2D eigenvalue weighted by Crippen LogP contribution is 2.41. The molecule has 1 N–H and O–H groups in total. The lowest BCUT2D eigenvalue weighted by atomic mass is 10.1. The molecule has 30 heavy (non-hydrogen) atoms. The molecule has 0 fully saturated rings. The summed E-state index contributed by atoms with van der Waals surface area (Å²) in [6, 6.07) is 21.2. The first kappa shape index (κ1) is 19.9. The van der Waals surface area contributed by atoms with Crippen LogP contribution in [0.1, 0.15) is 16.8 Å². The van der Waals surface area contributed by atoms with Crippen molar-refractivity contribution in [1.29, 1.82) is 0 Å². The fraction of sp³-hybridized carbons (Fsp3) is 0.125. The van der Waals surface area contributed by atoms with Gasteiger partial charge in [0.25, 0.3) is 5.91 Å². The molecule has 0 saturated carbocycles. The smallest absolute Gasteiger partial charge is 0.265 e. The number of pyridine rings is 1. The van der Waals surface area contributed by atoms with Gasteiger partial charge < -0.3 is 5.32 Å². The van der Waals surface area contributed by atoms with E-state index in [4.69, 9.17) is 0 Å². The van der Waals surface area contributed by atoms with E-state index >= 15 is 0 Å². The lowest BCUT2D eigenvalue weighted by molar-refractivity contribution is -0.122. The summed E-state index contributed by atoms with van der Waals surface area (Å²) in [5, 5.41) is 2.85. The highest BCUT2D eigenvalue weighted by molar-refractivity contribution is 8.04. The molecule has 1 aliphatic rings. The number of benzene rings is 2. The number of aryl methyl sites for hydroxylation is 1. The van der Waals surface area contributed by atoms with Crippen molar-refractivity contribution in [2.75, 3.05) is 11.4 Å². The average Bonchev–Trinajstić information content (AvgIpc) is 2.77. The van der Waals surface area contributed by atoms with Crippen LogP contribution in [0.25, 0.3) is 6.08 Å². The molecule has 0 saturated heterocycles. The predicted octanol–water partition coefficient (Wildman–Crippen LogP) is 4.19. The third-order valence-electron chi connectivity index (χ3n) is 4.70. The number of para-hydroxylation sites is 1. The van der Waals surface area contributed by atoms with E-state index in [1.165, 1.54) is 11.8 Å². The van der Waals surface area contributed by atoms with Crippen molar-refractivity contribution in [2.24, 2.45) is 0 Å². The summed E-state index contributed by atoms with van der Waals surface area (Å²) in [5.74, 6) is -0.405. The second-order valence-corrected chi connectivity index (χ2v) is 8.06. The Kier molecular flexibility index (Phi) is 5.95. The van der Waals surface area contributed by atoms with Gasteiger partial charge in [-0.1, -0.05) is 59.8 Å². The van der Waals surface area contributed by atoms with Crippen molar-refractivity contribution < 1.29 is 9.59 Å². The fourth-order valence-electron chi connectivity index (χ4n) is 3.12. The van der Waals surface area contributed by atoms with Crippen LogP contribution >= 0.6 is 11.8 Å². The summed E-state index contributed by atoms with van der Waals surface area (Å²) < 4.78 is 0. The quantitative estimate of drug-likeness (QED) is 0.635. The standard InChI is InChI=1S/C24H21N3O2S/c1-17-9-11-18(12-10-17)14-22-24(29)27(20-7-2-3-8-21(20)30-22)16-23(28)26-15-19-6-4-5-13-25-19/h2-14H,15-16H2,1H3,(H,26,28)/b22-14+. The maximum Gasteiger partial charge on any atom is 0.265 e. The van der Waals surface area contributed by atoms with Crippen molar-refractivity contribution in [1.82, 2.24) is 10.3 Å². The summed E-state index contributed by atoms with van der Waals surface area (Å²) >= 11 is 1.43. The molecule has 1 aromatic heterocycles. The van der Waals surface area contributed by atoms with E-state index in [-0.39, 0.29) is 18.4 Å². The molecule has 5 nitrogen and oxygen atoms in total. The Balaban J connectivity index is 1.55. The van der Waals surface area contributed by atoms with E-state index in [9.17, 15) is 9.59 Å². The molecule has 0 atom stereocenters. The molecule has 3 aromatic rings. The zero-order chi connectivity index (χ0) is 20.9. The van der Waals surface area contributed by atoms with Gasteiger partial charge in [0, 0.05) is 11.1 Å². The topological polar surface area (TPSA) is 62.3 Å². The molecule has 150 valence electrons. The number of nitrogens with zero attached hydrogens (tertiary/aromatic N) is 2. The predicted molar refractivity (Wildman–Crippen MR) is 120 cm³/mol. The lowest BCUT2D eigenvalue weighted by Gasteiger charge is -2.29. The van der Waals surface area contributed by atoms with Crippen LogP contribution in [-0.4, -0.2) is 23.3 Å². The molecular formula is C24H21N3O2S. The normalized spacial score (nSPS) is 14.5. The molecule has 0 unspecified atom stereocenters. The Labute approximate surface area is 179 Å². The molecule has 2 heterocycles. The minimum absolute atomic E-state index is 0.0471. The van der Waals surface area contributed by atoms with E-state index in [0.29, 0.717) is 11.4 Å². The first-order valence-electron chi connectivity index (χ1n) is 9.64. The molecule has 2 aromatic carbocycles. The van der Waals surface area contributed by atoms with Crippen molar-refractivity contribution in [3.63, 3.8) is 0 Å². The van der Waals surface area contributed by atoms with Crippen molar-refractivity contribution >= 4 is 35.3 Å². The Morgan fingerprint density at radius 2 is 1.83 bits per heavy atom. The van der Waals surface area contributed by atoms with Gasteiger partial charge in [0.1, 0.15) is 6.54 Å². The molecular weight excluding hydrogens is 394 g/mol. The van der Waals surface area contributed by atoms with Crippen LogP contribution in [0.3, 0.4) is 0 Å². The highest BCUT2D eigenvalue weighted by Gasteiger charge is 2.30. The largest absolute Gasteiger partial charge is 0.349 e. The van der Waals surface area contributed by atoms with Crippen LogP contribution in [0.15, 0.2) is 82.7 Å². The number of thioether (sulfide) groups is 1. The summed E-state index contributed by atoms with van der Waals surface area (Å²) in [4.78, 5) is 33.1. The van der Waals surface area contributed by atoms with E-state index < -0.39 is 0 Å². The minimum Gasteiger partial charge on any atom is -0.349 e. The van der Waals surface area contributed by atoms with Gasteiger partial charge in [0.05, 0.1) is 22.8 Å². The summed E-state index contributed by atoms with van der Waals surface area (Å²) in [7, 11) is 0. The summed E-state index contributed by atoms with van der Waals surface area (Å²) in [5.41, 5.74) is 3.64. The molecule has 2 amide bonds. The van der Waals surface area contributed by atoms with Crippen molar-refractivity contribution in [3.05, 3.63) is 94.7 Å². The lowest BCUT2D eigenvalue weighted by Crippen LogP contribution is -2.42. The van der Waals surface area contributed by atoms with E-state index in [1.54, 1.807) is 11.1 Å². The number of nitrogens with one attached hydrogen (secondary N) is 1. The first-order valence-corrected chi connectivity index (χ1v) is 10.5. The van der Waals surface area contributed by atoms with E-state index in [0.717, 1.165) is 27.4 Å². The molecule has 1 aliphatic heterocycles. The number of fused-ring (bicyclic) bond motifs is 1. The number of rotatable bonds is 5. The van der Waals surface area contributed by atoms with Gasteiger partial charge in [-0.25, -0.2) is 0 Å². The third kappa shape index (κ3) is 4.60. The van der Waals surface area contributed by atoms with E-state index in [1.807, 2.05) is 79.7 Å². The fourth-order valence-corrected chi connectivity index (χ4v) is 4.18. The molecule has 4 rings (SSSR count). The van der Waals surface area contributed by atoms with Gasteiger partial charge in [0.15, 0.2) is 0 Å². The molecule has 0 radical (unpaired) electrons. The van der Waals surface area contributed by atoms with Crippen molar-refractivity contribution in [3.8, 4) is 0 Å². The van der Waals surface area contributed by atoms with Gasteiger partial charge in [-0.05, 0) is 42.8 Å². The van der Waals surface area contributed by atoms with Crippen LogP contribution < -0.4 is 10.2 Å². The molecule has 0 bridgehead atoms.